The van der Waals surface area contributed by atoms with Crippen molar-refractivity contribution in [3.63, 3.8) is 0 Å². The highest BCUT2D eigenvalue weighted by atomic mass is 79.9. The lowest BCUT2D eigenvalue weighted by Gasteiger charge is -2.45. The van der Waals surface area contributed by atoms with Crippen LogP contribution in [0, 0.1) is 28.6 Å². The van der Waals surface area contributed by atoms with Gasteiger partial charge >= 0.3 is 5.97 Å². The highest BCUT2D eigenvalue weighted by Crippen LogP contribution is 2.60. The predicted octanol–water partition coefficient (Wildman–Crippen LogP) is 6.02. The lowest BCUT2D eigenvalue weighted by atomic mass is 9.60. The normalized spacial score (nSPS) is 41.4. The number of hydrogen-bond donors (Lipinski definition) is 0. The van der Waals surface area contributed by atoms with Gasteiger partial charge in [0.05, 0.1) is 0 Å². The van der Waals surface area contributed by atoms with Crippen LogP contribution in [-0.4, -0.2) is 12.1 Å². The summed E-state index contributed by atoms with van der Waals surface area (Å²) in [4.78, 5) is 14.1. The second-order valence-electron chi connectivity index (χ2n) is 9.09. The molecule has 2 saturated carbocycles. The number of hydrogen-bond acceptors (Lipinski definition) is 2. The van der Waals surface area contributed by atoms with Gasteiger partial charge in [-0.05, 0) is 66.7 Å². The van der Waals surface area contributed by atoms with E-state index in [-0.39, 0.29) is 17.5 Å². The van der Waals surface area contributed by atoms with Gasteiger partial charge in [-0.3, -0.25) is 0 Å². The van der Waals surface area contributed by atoms with Crippen LogP contribution < -0.4 is 0 Å². The van der Waals surface area contributed by atoms with Crippen molar-refractivity contribution in [1.29, 1.82) is 0 Å². The maximum atomic E-state index is 11.9. The Morgan fingerprint density at radius 2 is 2.08 bits per heavy atom. The largest absolute Gasteiger partial charge is 0.458 e. The summed E-state index contributed by atoms with van der Waals surface area (Å²) in [6.07, 6.45) is 7.42. The average Bonchev–Trinajstić information content (AvgIpc) is 2.97. The van der Waals surface area contributed by atoms with E-state index in [4.69, 9.17) is 4.74 Å². The summed E-state index contributed by atoms with van der Waals surface area (Å²) >= 11 is 3.60. The standard InChI is InChI=1S/C21H31BrO2/c1-13(11-18-20(3,4)14(2)19(23)24-18)16-8-9-17-15(12-22)7-6-10-21(16,17)5/h12-13,16-18H,2,6-11H2,1,3-5H3/t13-,16-,17+,18-,21-/m1/s1. The van der Waals surface area contributed by atoms with Crippen molar-refractivity contribution in [3.8, 4) is 0 Å². The minimum Gasteiger partial charge on any atom is -0.458 e. The average molecular weight is 395 g/mol. The van der Waals surface area contributed by atoms with Crippen LogP contribution in [0.5, 0.6) is 0 Å². The van der Waals surface area contributed by atoms with Gasteiger partial charge in [0, 0.05) is 11.0 Å². The smallest absolute Gasteiger partial charge is 0.334 e. The molecule has 0 N–H and O–H groups in total. The number of halogens is 1. The summed E-state index contributed by atoms with van der Waals surface area (Å²) in [7, 11) is 0. The van der Waals surface area contributed by atoms with Crippen LogP contribution in [-0.2, 0) is 9.53 Å². The molecule has 1 aliphatic heterocycles. The van der Waals surface area contributed by atoms with Crippen molar-refractivity contribution in [2.75, 3.05) is 0 Å². The van der Waals surface area contributed by atoms with E-state index in [2.05, 4.69) is 55.2 Å². The van der Waals surface area contributed by atoms with E-state index in [0.29, 0.717) is 22.8 Å². The monoisotopic (exact) mass is 394 g/mol. The van der Waals surface area contributed by atoms with Crippen molar-refractivity contribution in [1.82, 2.24) is 0 Å². The summed E-state index contributed by atoms with van der Waals surface area (Å²) in [6, 6.07) is 0. The highest BCUT2D eigenvalue weighted by Gasteiger charge is 2.52. The third-order valence-corrected chi connectivity index (χ3v) is 8.12. The van der Waals surface area contributed by atoms with Crippen molar-refractivity contribution < 1.29 is 9.53 Å². The molecule has 1 saturated heterocycles. The number of ether oxygens (including phenoxy) is 1. The molecule has 3 aliphatic rings. The van der Waals surface area contributed by atoms with Gasteiger partial charge in [-0.15, -0.1) is 0 Å². The van der Waals surface area contributed by atoms with Crippen LogP contribution in [0.2, 0.25) is 0 Å². The number of esters is 1. The third kappa shape index (κ3) is 2.71. The Bertz CT molecular complexity index is 576. The molecule has 2 nitrogen and oxygen atoms in total. The number of fused-ring (bicyclic) bond motifs is 1. The van der Waals surface area contributed by atoms with Crippen molar-refractivity contribution >= 4 is 21.9 Å². The Morgan fingerprint density at radius 1 is 1.38 bits per heavy atom. The maximum absolute atomic E-state index is 11.9. The lowest BCUT2D eigenvalue weighted by Crippen LogP contribution is -2.38. The molecule has 0 aromatic heterocycles. The van der Waals surface area contributed by atoms with E-state index in [1.165, 1.54) is 32.1 Å². The summed E-state index contributed by atoms with van der Waals surface area (Å²) in [5, 5.41) is 0. The van der Waals surface area contributed by atoms with Gasteiger partial charge in [-0.1, -0.05) is 55.8 Å². The zero-order chi connectivity index (χ0) is 17.7. The van der Waals surface area contributed by atoms with E-state index in [1.807, 2.05) is 0 Å². The minimum atomic E-state index is -0.238. The van der Waals surface area contributed by atoms with Gasteiger partial charge in [0.2, 0.25) is 0 Å². The van der Waals surface area contributed by atoms with Crippen molar-refractivity contribution in [2.24, 2.45) is 28.6 Å². The molecule has 0 unspecified atom stereocenters. The number of rotatable bonds is 3. The topological polar surface area (TPSA) is 26.3 Å². The van der Waals surface area contributed by atoms with Crippen molar-refractivity contribution in [2.45, 2.75) is 72.3 Å². The molecule has 0 spiro atoms. The fraction of sp³-hybridized carbons (Fsp3) is 0.762. The first-order valence-corrected chi connectivity index (χ1v) is 10.3. The van der Waals surface area contributed by atoms with E-state index in [0.717, 1.165) is 12.3 Å². The molecule has 0 bridgehead atoms. The SMILES string of the molecule is C=C1C(=O)O[C@H](C[C@@H](C)[C@H]2CC[C@H]3C(=CBr)CCC[C@]23C)C1(C)C. The van der Waals surface area contributed by atoms with E-state index >= 15 is 0 Å². The molecule has 1 heterocycles. The fourth-order valence-electron chi connectivity index (χ4n) is 5.80. The first-order valence-electron chi connectivity index (χ1n) is 9.41. The molecule has 3 rings (SSSR count). The molecule has 0 aromatic carbocycles. The molecular formula is C21H31BrO2. The van der Waals surface area contributed by atoms with Gasteiger partial charge in [0.25, 0.3) is 0 Å². The zero-order valence-electron chi connectivity index (χ0n) is 15.5. The van der Waals surface area contributed by atoms with Crippen molar-refractivity contribution in [3.05, 3.63) is 22.7 Å². The lowest BCUT2D eigenvalue weighted by molar-refractivity contribution is -0.140. The van der Waals surface area contributed by atoms with Gasteiger partial charge in [0.15, 0.2) is 0 Å². The van der Waals surface area contributed by atoms with Gasteiger partial charge in [-0.2, -0.15) is 0 Å². The first kappa shape index (κ1) is 18.2. The van der Waals surface area contributed by atoms with Crippen LogP contribution in [0.4, 0.5) is 0 Å². The van der Waals surface area contributed by atoms with Crippen LogP contribution in [0.1, 0.15) is 66.2 Å². The molecule has 134 valence electrons. The van der Waals surface area contributed by atoms with Crippen LogP contribution in [0.15, 0.2) is 22.7 Å². The summed E-state index contributed by atoms with van der Waals surface area (Å²) < 4.78 is 5.67. The first-order chi connectivity index (χ1) is 11.2. The van der Waals surface area contributed by atoms with E-state index in [1.54, 1.807) is 5.57 Å². The maximum Gasteiger partial charge on any atom is 0.334 e. The summed E-state index contributed by atoms with van der Waals surface area (Å²) in [6.45, 7) is 13.0. The summed E-state index contributed by atoms with van der Waals surface area (Å²) in [5.74, 6) is 1.81. The van der Waals surface area contributed by atoms with E-state index in [9.17, 15) is 4.79 Å². The Labute approximate surface area is 155 Å². The Balaban J connectivity index is 1.75. The molecule has 2 aliphatic carbocycles. The Hall–Kier alpha value is -0.570. The number of carbonyl (C=O) groups is 1. The minimum absolute atomic E-state index is 0.0232. The quantitative estimate of drug-likeness (QED) is 0.432. The zero-order valence-corrected chi connectivity index (χ0v) is 17.1. The predicted molar refractivity (Wildman–Crippen MR) is 102 cm³/mol. The molecule has 3 fully saturated rings. The summed E-state index contributed by atoms with van der Waals surface area (Å²) in [5.41, 5.74) is 2.41. The fourth-order valence-corrected chi connectivity index (χ4v) is 6.34. The molecule has 0 radical (unpaired) electrons. The van der Waals surface area contributed by atoms with E-state index < -0.39 is 0 Å². The van der Waals surface area contributed by atoms with Gasteiger partial charge < -0.3 is 4.74 Å². The Morgan fingerprint density at radius 3 is 2.67 bits per heavy atom. The molecule has 3 heteroatoms. The number of cyclic esters (lactones) is 1. The number of carbonyl (C=O) groups excluding carboxylic acids is 1. The molecule has 24 heavy (non-hydrogen) atoms. The second kappa shape index (κ2) is 6.30. The molecular weight excluding hydrogens is 364 g/mol. The molecule has 0 amide bonds. The number of allylic oxidation sites excluding steroid dienone is 1. The molecule has 0 aromatic rings. The highest BCUT2D eigenvalue weighted by molar-refractivity contribution is 9.11. The Kier molecular flexibility index (Phi) is 4.79. The second-order valence-corrected chi connectivity index (χ2v) is 9.54. The van der Waals surface area contributed by atoms with Crippen LogP contribution in [0.3, 0.4) is 0 Å². The third-order valence-electron chi connectivity index (χ3n) is 7.53. The van der Waals surface area contributed by atoms with Gasteiger partial charge in [-0.25, -0.2) is 4.79 Å². The van der Waals surface area contributed by atoms with Gasteiger partial charge in [0.1, 0.15) is 6.10 Å². The van der Waals surface area contributed by atoms with Crippen LogP contribution in [0.25, 0.3) is 0 Å². The van der Waals surface area contributed by atoms with Crippen LogP contribution >= 0.6 is 15.9 Å². The molecule has 5 atom stereocenters.